The van der Waals surface area contributed by atoms with Crippen molar-refractivity contribution in [3.05, 3.63) is 60.8 Å². The van der Waals surface area contributed by atoms with E-state index in [4.69, 9.17) is 14.2 Å². The lowest BCUT2D eigenvalue weighted by molar-refractivity contribution is -0.302. The number of hydrogen-bond acceptors (Lipinski definition) is 10. The maximum Gasteiger partial charge on any atom is 0.305 e. The van der Waals surface area contributed by atoms with E-state index in [0.29, 0.717) is 25.9 Å². The highest BCUT2D eigenvalue weighted by Gasteiger charge is 2.44. The molecule has 1 rings (SSSR count). The number of nitrogens with one attached hydrogen (secondary N) is 1. The van der Waals surface area contributed by atoms with Crippen LogP contribution in [0.15, 0.2) is 60.8 Å². The van der Waals surface area contributed by atoms with Gasteiger partial charge in [-0.15, -0.1) is 0 Å². The van der Waals surface area contributed by atoms with E-state index < -0.39 is 49.5 Å². The molecule has 1 fully saturated rings. The molecule has 0 spiro atoms. The van der Waals surface area contributed by atoms with Gasteiger partial charge < -0.3 is 45.1 Å². The number of esters is 1. The second kappa shape index (κ2) is 52.4. The summed E-state index contributed by atoms with van der Waals surface area (Å²) in [5.74, 6) is -0.215. The number of aliphatic hydroxyl groups is 5. The summed E-state index contributed by atoms with van der Waals surface area (Å²) in [6.45, 7) is 4.18. The molecule has 7 atom stereocenters. The molecule has 1 aliphatic rings. The van der Waals surface area contributed by atoms with Crippen molar-refractivity contribution in [2.24, 2.45) is 0 Å². The molecule has 74 heavy (non-hydrogen) atoms. The van der Waals surface area contributed by atoms with Gasteiger partial charge in [0.1, 0.15) is 24.4 Å². The fraction of sp³-hybridized carbons (Fsp3) is 0.810. The highest BCUT2D eigenvalue weighted by Crippen LogP contribution is 2.23. The first kappa shape index (κ1) is 69.4. The summed E-state index contributed by atoms with van der Waals surface area (Å²) in [6.07, 6.45) is 57.7. The highest BCUT2D eigenvalue weighted by molar-refractivity contribution is 5.76. The summed E-state index contributed by atoms with van der Waals surface area (Å²) >= 11 is 0. The van der Waals surface area contributed by atoms with Gasteiger partial charge in [0, 0.05) is 12.8 Å². The largest absolute Gasteiger partial charge is 0.466 e. The number of carbonyl (C=O) groups excluding carboxylic acids is 2. The van der Waals surface area contributed by atoms with E-state index in [1.807, 2.05) is 6.08 Å². The van der Waals surface area contributed by atoms with Crippen molar-refractivity contribution >= 4 is 11.9 Å². The summed E-state index contributed by atoms with van der Waals surface area (Å²) in [7, 11) is 0. The Balaban J connectivity index is 2.04. The molecule has 1 amide bonds. The molecule has 7 unspecified atom stereocenters. The predicted molar refractivity (Wildman–Crippen MR) is 306 cm³/mol. The van der Waals surface area contributed by atoms with Crippen LogP contribution in [-0.4, -0.2) is 100 Å². The maximum absolute atomic E-state index is 13.0. The first-order valence-electron chi connectivity index (χ1n) is 30.6. The van der Waals surface area contributed by atoms with Crippen molar-refractivity contribution in [1.29, 1.82) is 0 Å². The molecule has 11 nitrogen and oxygen atoms in total. The van der Waals surface area contributed by atoms with E-state index in [-0.39, 0.29) is 18.5 Å². The Morgan fingerprint density at radius 3 is 1.47 bits per heavy atom. The highest BCUT2D eigenvalue weighted by atomic mass is 16.7. The predicted octanol–water partition coefficient (Wildman–Crippen LogP) is 14.2. The monoisotopic (exact) mass is 1040 g/mol. The van der Waals surface area contributed by atoms with Crippen molar-refractivity contribution in [3.8, 4) is 0 Å². The number of amides is 1. The normalized spacial score (nSPS) is 19.3. The van der Waals surface area contributed by atoms with Crippen LogP contribution in [-0.2, 0) is 23.8 Å². The Hall–Kier alpha value is -2.64. The van der Waals surface area contributed by atoms with Gasteiger partial charge in [-0.3, -0.25) is 9.59 Å². The molecule has 6 N–H and O–H groups in total. The molecule has 11 heteroatoms. The van der Waals surface area contributed by atoms with E-state index >= 15 is 0 Å². The van der Waals surface area contributed by atoms with Crippen LogP contribution in [0.2, 0.25) is 0 Å². The first-order valence-corrected chi connectivity index (χ1v) is 30.6. The summed E-state index contributed by atoms with van der Waals surface area (Å²) < 4.78 is 16.7. The van der Waals surface area contributed by atoms with Crippen LogP contribution in [0, 0.1) is 0 Å². The van der Waals surface area contributed by atoms with Crippen molar-refractivity contribution in [2.75, 3.05) is 19.8 Å². The lowest BCUT2D eigenvalue weighted by atomic mass is 9.99. The number of allylic oxidation sites excluding steroid dienone is 9. The second-order valence-electron chi connectivity index (χ2n) is 21.0. The van der Waals surface area contributed by atoms with Gasteiger partial charge in [-0.1, -0.05) is 229 Å². The Kier molecular flexibility index (Phi) is 49.1. The molecule has 0 aliphatic carbocycles. The standard InChI is InChI=1S/C63H113NO10/c1-3-5-7-9-11-13-15-27-31-35-39-43-47-51-59(68)72-52-48-44-40-36-32-29-26-24-22-20-18-16-17-19-21-23-25-28-30-34-38-42-46-50-58(67)64-55(54-73-63-62(71)61(70)60(69)57(53-65)74-63)56(66)49-45-41-37-33-14-12-10-8-6-4-2/h6,8,14,16,18-19,21,33,45,49,55-57,60-63,65-66,69-71H,3-5,7,9-13,15,17,20,22-32,34-44,46-48,50-54H2,1-2H3,(H,64,67)/b8-6+,18-16-,21-19-,33-14+,49-45+. The number of carbonyl (C=O) groups is 2. The van der Waals surface area contributed by atoms with E-state index in [2.05, 4.69) is 67.8 Å². The Labute approximate surface area is 452 Å². The van der Waals surface area contributed by atoms with Crippen molar-refractivity contribution in [1.82, 2.24) is 5.32 Å². The first-order chi connectivity index (χ1) is 36.2. The summed E-state index contributed by atoms with van der Waals surface area (Å²) in [6, 6.07) is -0.842. The molecule has 1 saturated heterocycles. The Bertz CT molecular complexity index is 1410. The van der Waals surface area contributed by atoms with Crippen molar-refractivity contribution < 1.29 is 49.3 Å². The molecule has 0 bridgehead atoms. The summed E-state index contributed by atoms with van der Waals surface area (Å²) in [5.41, 5.74) is 0. The summed E-state index contributed by atoms with van der Waals surface area (Å²) in [5, 5.41) is 54.2. The lowest BCUT2D eigenvalue weighted by Gasteiger charge is -2.40. The smallest absolute Gasteiger partial charge is 0.305 e. The van der Waals surface area contributed by atoms with Crippen LogP contribution >= 0.6 is 0 Å². The van der Waals surface area contributed by atoms with Crippen molar-refractivity contribution in [2.45, 2.75) is 307 Å². The topological polar surface area (TPSA) is 175 Å². The minimum atomic E-state index is -1.58. The van der Waals surface area contributed by atoms with E-state index in [1.54, 1.807) is 6.08 Å². The number of unbranched alkanes of at least 4 members (excludes halogenated alkanes) is 30. The van der Waals surface area contributed by atoms with Crippen molar-refractivity contribution in [3.63, 3.8) is 0 Å². The van der Waals surface area contributed by atoms with Crippen LogP contribution in [0.5, 0.6) is 0 Å². The van der Waals surface area contributed by atoms with Crippen LogP contribution in [0.1, 0.15) is 264 Å². The van der Waals surface area contributed by atoms with Gasteiger partial charge >= 0.3 is 5.97 Å². The quantitative estimate of drug-likeness (QED) is 0.0195. The molecule has 1 aliphatic heterocycles. The molecule has 430 valence electrons. The lowest BCUT2D eigenvalue weighted by Crippen LogP contribution is -2.60. The third-order valence-corrected chi connectivity index (χ3v) is 14.1. The average molecular weight is 1040 g/mol. The van der Waals surface area contributed by atoms with Gasteiger partial charge in [0.25, 0.3) is 0 Å². The van der Waals surface area contributed by atoms with Crippen LogP contribution < -0.4 is 5.32 Å². The zero-order valence-electron chi connectivity index (χ0n) is 47.3. The number of aliphatic hydroxyl groups excluding tert-OH is 5. The van der Waals surface area contributed by atoms with Crippen LogP contribution in [0.3, 0.4) is 0 Å². The molecule has 0 radical (unpaired) electrons. The zero-order chi connectivity index (χ0) is 53.8. The minimum absolute atomic E-state index is 0.00470. The average Bonchev–Trinajstić information content (AvgIpc) is 3.40. The molecule has 0 aromatic carbocycles. The third-order valence-electron chi connectivity index (χ3n) is 14.1. The van der Waals surface area contributed by atoms with Crippen LogP contribution in [0.25, 0.3) is 0 Å². The van der Waals surface area contributed by atoms with Gasteiger partial charge in [-0.05, 0) is 83.5 Å². The number of hydrogen-bond donors (Lipinski definition) is 6. The molecular formula is C63H113NO10. The zero-order valence-corrected chi connectivity index (χ0v) is 47.3. The van der Waals surface area contributed by atoms with E-state index in [9.17, 15) is 35.1 Å². The van der Waals surface area contributed by atoms with Gasteiger partial charge in [-0.25, -0.2) is 0 Å². The second-order valence-corrected chi connectivity index (χ2v) is 21.0. The van der Waals surface area contributed by atoms with E-state index in [0.717, 1.165) is 96.3 Å². The van der Waals surface area contributed by atoms with Crippen LogP contribution in [0.4, 0.5) is 0 Å². The molecule has 1 heterocycles. The summed E-state index contributed by atoms with van der Waals surface area (Å²) in [4.78, 5) is 25.0. The molecule has 0 saturated carbocycles. The third kappa shape index (κ3) is 41.5. The SMILES string of the molecule is CC/C=C/CC/C=C/CC/C=C/C(O)C(COC1OC(CO)C(O)C(O)C1O)NC(=O)CCCCCCCCC/C=C\C/C=C\CCCCCCCCCCCOC(=O)CCCCCCCCCCCCCCC. The Morgan fingerprint density at radius 2 is 0.959 bits per heavy atom. The van der Waals surface area contributed by atoms with Gasteiger partial charge in [0.15, 0.2) is 6.29 Å². The number of rotatable bonds is 52. The van der Waals surface area contributed by atoms with Gasteiger partial charge in [0.05, 0.1) is 32.0 Å². The van der Waals surface area contributed by atoms with Gasteiger partial charge in [0.2, 0.25) is 5.91 Å². The number of ether oxygens (including phenoxy) is 3. The Morgan fingerprint density at radius 1 is 0.514 bits per heavy atom. The van der Waals surface area contributed by atoms with E-state index in [1.165, 1.54) is 135 Å². The molecule has 0 aromatic heterocycles. The molecule has 0 aromatic rings. The fourth-order valence-electron chi connectivity index (χ4n) is 9.27. The fourth-order valence-corrected chi connectivity index (χ4v) is 9.27. The minimum Gasteiger partial charge on any atom is -0.466 e. The molecular weight excluding hydrogens is 931 g/mol. The maximum atomic E-state index is 13.0. The van der Waals surface area contributed by atoms with Gasteiger partial charge in [-0.2, -0.15) is 0 Å².